The lowest BCUT2D eigenvalue weighted by atomic mass is 10.0. The van der Waals surface area contributed by atoms with Crippen molar-refractivity contribution >= 4 is 58.2 Å². The molecule has 1 N–H and O–H groups in total. The molecule has 170 valence electrons. The van der Waals surface area contributed by atoms with E-state index in [-0.39, 0.29) is 11.7 Å². The molecule has 1 amide bonds. The molecule has 0 aliphatic heterocycles. The van der Waals surface area contributed by atoms with Gasteiger partial charge < -0.3 is 14.6 Å². The second-order valence-corrected chi connectivity index (χ2v) is 9.36. The first-order valence-corrected chi connectivity index (χ1v) is 12.0. The molecule has 10 heteroatoms. The van der Waals surface area contributed by atoms with Crippen LogP contribution in [0.4, 0.5) is 5.69 Å². The van der Waals surface area contributed by atoms with Gasteiger partial charge in [-0.2, -0.15) is 0 Å². The van der Waals surface area contributed by atoms with E-state index in [4.69, 9.17) is 39.5 Å². The van der Waals surface area contributed by atoms with Gasteiger partial charge >= 0.3 is 0 Å². The van der Waals surface area contributed by atoms with Crippen LogP contribution in [0.1, 0.15) is 23.4 Å². The summed E-state index contributed by atoms with van der Waals surface area (Å²) < 4.78 is 7.23. The Morgan fingerprint density at radius 1 is 1.09 bits per heavy atom. The van der Waals surface area contributed by atoms with Crippen LogP contribution in [0.5, 0.6) is 5.75 Å². The zero-order valence-corrected chi connectivity index (χ0v) is 21.0. The predicted octanol–water partition coefficient (Wildman–Crippen LogP) is 6.00. The van der Waals surface area contributed by atoms with Crippen LogP contribution in [0.25, 0.3) is 0 Å². The van der Waals surface area contributed by atoms with Gasteiger partial charge in [-0.05, 0) is 49.1 Å². The molecule has 0 fully saturated rings. The molecule has 3 rings (SSSR count). The van der Waals surface area contributed by atoms with Gasteiger partial charge in [-0.25, -0.2) is 0 Å². The molecule has 1 aromatic heterocycles. The number of aryl methyl sites for hydroxylation is 3. The van der Waals surface area contributed by atoms with E-state index >= 15 is 0 Å². The summed E-state index contributed by atoms with van der Waals surface area (Å²) in [6.45, 7) is 2.04. The van der Waals surface area contributed by atoms with Gasteiger partial charge in [0.25, 0.3) is 0 Å². The Morgan fingerprint density at radius 2 is 1.84 bits per heavy atom. The number of benzene rings is 2. The molecule has 6 nitrogen and oxygen atoms in total. The standard InChI is InChI=1S/C22H23Cl3N4O2S/c1-13-9-14(7-8-19(13)31-3)5-4-6-20-27-28-22(29(20)2)32-12-21(30)26-18-11-16(24)15(23)10-17(18)25/h7-11H,4-6,12H2,1-3H3,(H,26,30). The molecule has 2 aromatic carbocycles. The first kappa shape index (κ1) is 24.7. The number of carbonyl (C=O) groups is 1. The first-order chi connectivity index (χ1) is 15.3. The van der Waals surface area contributed by atoms with Crippen molar-refractivity contribution in [1.29, 1.82) is 0 Å². The van der Waals surface area contributed by atoms with Crippen LogP contribution in [0.2, 0.25) is 15.1 Å². The number of methoxy groups -OCH3 is 1. The number of thioether (sulfide) groups is 1. The van der Waals surface area contributed by atoms with Gasteiger partial charge in [0.2, 0.25) is 5.91 Å². The first-order valence-electron chi connectivity index (χ1n) is 9.87. The number of ether oxygens (including phenoxy) is 1. The molecule has 0 atom stereocenters. The molecule has 0 radical (unpaired) electrons. The van der Waals surface area contributed by atoms with E-state index < -0.39 is 0 Å². The van der Waals surface area contributed by atoms with Crippen molar-refractivity contribution in [1.82, 2.24) is 14.8 Å². The molecule has 0 saturated carbocycles. The normalized spacial score (nSPS) is 10.9. The Labute approximate surface area is 206 Å². The van der Waals surface area contributed by atoms with Gasteiger partial charge in [0.1, 0.15) is 11.6 Å². The van der Waals surface area contributed by atoms with Crippen molar-refractivity contribution < 1.29 is 9.53 Å². The van der Waals surface area contributed by atoms with Gasteiger partial charge in [0.15, 0.2) is 5.16 Å². The average molecular weight is 514 g/mol. The van der Waals surface area contributed by atoms with E-state index in [0.29, 0.717) is 25.9 Å². The Balaban J connectivity index is 1.51. The molecule has 32 heavy (non-hydrogen) atoms. The van der Waals surface area contributed by atoms with Crippen molar-refractivity contribution in [2.75, 3.05) is 18.2 Å². The number of hydrogen-bond donors (Lipinski definition) is 1. The molecule has 0 spiro atoms. The molecule has 0 bridgehead atoms. The number of halogens is 3. The van der Waals surface area contributed by atoms with E-state index in [9.17, 15) is 4.79 Å². The largest absolute Gasteiger partial charge is 0.496 e. The minimum atomic E-state index is -0.227. The van der Waals surface area contributed by atoms with Gasteiger partial charge in [-0.3, -0.25) is 4.79 Å². The lowest BCUT2D eigenvalue weighted by Gasteiger charge is -2.09. The van der Waals surface area contributed by atoms with Crippen molar-refractivity contribution in [3.05, 3.63) is 62.4 Å². The number of nitrogens with one attached hydrogen (secondary N) is 1. The third-order valence-corrected chi connectivity index (χ3v) is 6.92. The Hall–Kier alpha value is -1.93. The van der Waals surface area contributed by atoms with Crippen LogP contribution in [-0.2, 0) is 24.7 Å². The van der Waals surface area contributed by atoms with Crippen LogP contribution in [0.15, 0.2) is 35.5 Å². The number of hydrogen-bond acceptors (Lipinski definition) is 5. The second kappa shape index (κ2) is 11.3. The number of aromatic nitrogens is 3. The fourth-order valence-corrected chi connectivity index (χ4v) is 4.49. The summed E-state index contributed by atoms with van der Waals surface area (Å²) in [7, 11) is 3.58. The summed E-state index contributed by atoms with van der Waals surface area (Å²) >= 11 is 19.3. The summed E-state index contributed by atoms with van der Waals surface area (Å²) in [6, 6.07) is 9.26. The molecular weight excluding hydrogens is 491 g/mol. The zero-order chi connectivity index (χ0) is 23.3. The van der Waals surface area contributed by atoms with Gasteiger partial charge in [-0.1, -0.05) is 58.7 Å². The molecule has 0 unspecified atom stereocenters. The number of carbonyl (C=O) groups excluding carboxylic acids is 1. The van der Waals surface area contributed by atoms with Crippen LogP contribution in [0.3, 0.4) is 0 Å². The number of nitrogens with zero attached hydrogens (tertiary/aromatic N) is 3. The zero-order valence-electron chi connectivity index (χ0n) is 17.9. The summed E-state index contributed by atoms with van der Waals surface area (Å²) in [4.78, 5) is 12.3. The Bertz CT molecular complexity index is 1120. The number of rotatable bonds is 9. The highest BCUT2D eigenvalue weighted by Crippen LogP contribution is 2.32. The lowest BCUT2D eigenvalue weighted by molar-refractivity contribution is -0.113. The Morgan fingerprint density at radius 3 is 2.56 bits per heavy atom. The summed E-state index contributed by atoms with van der Waals surface area (Å²) in [6.07, 6.45) is 2.67. The van der Waals surface area contributed by atoms with Crippen LogP contribution in [0, 0.1) is 6.92 Å². The van der Waals surface area contributed by atoms with E-state index in [1.54, 1.807) is 7.11 Å². The smallest absolute Gasteiger partial charge is 0.234 e. The fraction of sp³-hybridized carbons (Fsp3) is 0.318. The third-order valence-electron chi connectivity index (χ3n) is 4.87. The monoisotopic (exact) mass is 512 g/mol. The van der Waals surface area contributed by atoms with E-state index in [1.165, 1.54) is 29.5 Å². The van der Waals surface area contributed by atoms with Gasteiger partial charge in [0, 0.05) is 13.5 Å². The van der Waals surface area contributed by atoms with Crippen LogP contribution in [-0.4, -0.2) is 33.5 Å². The topological polar surface area (TPSA) is 69.0 Å². The number of anilines is 1. The maximum Gasteiger partial charge on any atom is 0.234 e. The van der Waals surface area contributed by atoms with Crippen molar-refractivity contribution in [3.63, 3.8) is 0 Å². The maximum absolute atomic E-state index is 12.3. The molecule has 0 saturated heterocycles. The number of amides is 1. The molecule has 0 aliphatic rings. The van der Waals surface area contributed by atoms with Crippen molar-refractivity contribution in [3.8, 4) is 5.75 Å². The highest BCUT2D eigenvalue weighted by molar-refractivity contribution is 7.99. The SMILES string of the molecule is COc1ccc(CCCc2nnc(SCC(=O)Nc3cc(Cl)c(Cl)cc3Cl)n2C)cc1C. The molecular formula is C22H23Cl3N4O2S. The van der Waals surface area contributed by atoms with Crippen molar-refractivity contribution in [2.24, 2.45) is 7.05 Å². The third kappa shape index (κ3) is 6.32. The minimum absolute atomic E-state index is 0.160. The van der Waals surface area contributed by atoms with Crippen LogP contribution >= 0.6 is 46.6 Å². The fourth-order valence-electron chi connectivity index (χ4n) is 3.17. The summed E-state index contributed by atoms with van der Waals surface area (Å²) in [5.41, 5.74) is 2.81. The van der Waals surface area contributed by atoms with E-state index in [0.717, 1.165) is 36.4 Å². The van der Waals surface area contributed by atoms with Gasteiger partial charge in [0.05, 0.1) is 33.6 Å². The lowest BCUT2D eigenvalue weighted by Crippen LogP contribution is -2.15. The summed E-state index contributed by atoms with van der Waals surface area (Å²) in [5, 5.41) is 12.9. The minimum Gasteiger partial charge on any atom is -0.496 e. The van der Waals surface area contributed by atoms with Crippen molar-refractivity contribution in [2.45, 2.75) is 31.3 Å². The molecule has 0 aliphatic carbocycles. The van der Waals surface area contributed by atoms with Crippen LogP contribution < -0.4 is 10.1 Å². The Kier molecular flexibility index (Phi) is 8.71. The second-order valence-electron chi connectivity index (χ2n) is 7.20. The quantitative estimate of drug-likeness (QED) is 0.281. The maximum atomic E-state index is 12.3. The van der Waals surface area contributed by atoms with E-state index in [1.807, 2.05) is 24.6 Å². The predicted molar refractivity (Wildman–Crippen MR) is 132 cm³/mol. The highest BCUT2D eigenvalue weighted by atomic mass is 35.5. The summed E-state index contributed by atoms with van der Waals surface area (Å²) in [5.74, 6) is 1.71. The average Bonchev–Trinajstić information content (AvgIpc) is 3.10. The molecule has 1 heterocycles. The highest BCUT2D eigenvalue weighted by Gasteiger charge is 2.14. The van der Waals surface area contributed by atoms with E-state index in [2.05, 4.69) is 27.6 Å². The molecule has 3 aromatic rings. The van der Waals surface area contributed by atoms with Gasteiger partial charge in [-0.15, -0.1) is 10.2 Å².